The first kappa shape index (κ1) is 22.7. The number of carbonyl (C=O) groups is 1. The molecule has 0 bridgehead atoms. The van der Waals surface area contributed by atoms with Crippen molar-refractivity contribution < 1.29 is 14.3 Å². The van der Waals surface area contributed by atoms with Crippen molar-refractivity contribution in [1.82, 2.24) is 4.90 Å². The first-order valence-electron chi connectivity index (χ1n) is 10.8. The van der Waals surface area contributed by atoms with E-state index in [-0.39, 0.29) is 5.91 Å². The topological polar surface area (TPSA) is 51.1 Å². The van der Waals surface area contributed by atoms with Crippen molar-refractivity contribution in [3.8, 4) is 11.5 Å². The van der Waals surface area contributed by atoms with Crippen LogP contribution in [0, 0.1) is 0 Å². The third-order valence-corrected chi connectivity index (χ3v) is 6.16. The van der Waals surface area contributed by atoms with Crippen LogP contribution >= 0.6 is 11.8 Å². The molecule has 0 N–H and O–H groups in total. The van der Waals surface area contributed by atoms with Crippen molar-refractivity contribution in [1.29, 1.82) is 0 Å². The molecule has 0 aliphatic carbocycles. The molecule has 1 heterocycles. The van der Waals surface area contributed by atoms with E-state index in [9.17, 15) is 4.79 Å². The number of para-hydroxylation sites is 1. The van der Waals surface area contributed by atoms with Crippen LogP contribution in [0.3, 0.4) is 0 Å². The molecule has 3 aromatic carbocycles. The first-order chi connectivity index (χ1) is 16.2. The van der Waals surface area contributed by atoms with Gasteiger partial charge in [-0.05, 0) is 42.0 Å². The van der Waals surface area contributed by atoms with E-state index in [4.69, 9.17) is 14.5 Å². The van der Waals surface area contributed by atoms with Gasteiger partial charge >= 0.3 is 0 Å². The summed E-state index contributed by atoms with van der Waals surface area (Å²) >= 11 is 1.39. The van der Waals surface area contributed by atoms with Gasteiger partial charge in [0.1, 0.15) is 0 Å². The van der Waals surface area contributed by atoms with Crippen LogP contribution in [0.5, 0.6) is 11.5 Å². The van der Waals surface area contributed by atoms with Crippen molar-refractivity contribution in [2.75, 3.05) is 13.7 Å². The average molecular weight is 459 g/mol. The summed E-state index contributed by atoms with van der Waals surface area (Å²) in [6.07, 6.45) is 1.86. The number of ether oxygens (including phenoxy) is 2. The molecule has 5 nitrogen and oxygen atoms in total. The van der Waals surface area contributed by atoms with E-state index in [2.05, 4.69) is 0 Å². The standard InChI is InChI=1S/C27H26N2O3S/c1-3-32-25-22(15-10-16-23(25)31-2)17-24-26(30)29(19-21-13-8-5-9-14-21)27(33-24)28-18-20-11-6-4-7-12-20/h4-17H,3,18-19H2,1-2H3/b24-17-,28-27?. The minimum absolute atomic E-state index is 0.0686. The monoisotopic (exact) mass is 458 g/mol. The van der Waals surface area contributed by atoms with Crippen LogP contribution < -0.4 is 9.47 Å². The zero-order valence-corrected chi connectivity index (χ0v) is 19.5. The highest BCUT2D eigenvalue weighted by Gasteiger charge is 2.33. The highest BCUT2D eigenvalue weighted by molar-refractivity contribution is 8.18. The van der Waals surface area contributed by atoms with Crippen LogP contribution in [0.1, 0.15) is 23.6 Å². The average Bonchev–Trinajstić information content (AvgIpc) is 3.14. The molecule has 0 aromatic heterocycles. The van der Waals surface area contributed by atoms with E-state index in [0.29, 0.717) is 41.3 Å². The number of hydrogen-bond donors (Lipinski definition) is 0. The molecule has 3 aromatic rings. The van der Waals surface area contributed by atoms with Gasteiger partial charge < -0.3 is 9.47 Å². The number of hydrogen-bond acceptors (Lipinski definition) is 5. The number of amides is 1. The van der Waals surface area contributed by atoms with Crippen LogP contribution in [-0.4, -0.2) is 29.7 Å². The Morgan fingerprint density at radius 3 is 2.30 bits per heavy atom. The summed E-state index contributed by atoms with van der Waals surface area (Å²) in [4.78, 5) is 20.6. The number of rotatable bonds is 8. The summed E-state index contributed by atoms with van der Waals surface area (Å²) in [7, 11) is 1.61. The van der Waals surface area contributed by atoms with Crippen LogP contribution in [0.2, 0.25) is 0 Å². The molecule has 6 heteroatoms. The lowest BCUT2D eigenvalue weighted by atomic mass is 10.1. The summed E-state index contributed by atoms with van der Waals surface area (Å²) in [5, 5.41) is 0.694. The van der Waals surface area contributed by atoms with Crippen LogP contribution in [0.4, 0.5) is 0 Å². The Kier molecular flexibility index (Phi) is 7.47. The number of methoxy groups -OCH3 is 1. The predicted molar refractivity (Wildman–Crippen MR) is 134 cm³/mol. The second-order valence-corrected chi connectivity index (χ2v) is 8.39. The zero-order chi connectivity index (χ0) is 23.0. The second-order valence-electron chi connectivity index (χ2n) is 7.38. The summed E-state index contributed by atoms with van der Waals surface area (Å²) in [5.74, 6) is 1.20. The fourth-order valence-electron chi connectivity index (χ4n) is 3.52. The molecule has 168 valence electrons. The molecular weight excluding hydrogens is 432 g/mol. The lowest BCUT2D eigenvalue weighted by Gasteiger charge is -2.16. The van der Waals surface area contributed by atoms with Gasteiger partial charge in [-0.2, -0.15) is 0 Å². The maximum absolute atomic E-state index is 13.4. The van der Waals surface area contributed by atoms with Crippen molar-refractivity contribution >= 4 is 28.9 Å². The van der Waals surface area contributed by atoms with E-state index in [1.54, 1.807) is 12.0 Å². The minimum atomic E-state index is -0.0686. The maximum atomic E-state index is 13.4. The van der Waals surface area contributed by atoms with Crippen molar-refractivity contribution in [2.45, 2.75) is 20.0 Å². The van der Waals surface area contributed by atoms with Gasteiger partial charge in [-0.25, -0.2) is 0 Å². The van der Waals surface area contributed by atoms with E-state index < -0.39 is 0 Å². The van der Waals surface area contributed by atoms with Crippen LogP contribution in [0.25, 0.3) is 6.08 Å². The highest BCUT2D eigenvalue weighted by atomic mass is 32.2. The van der Waals surface area contributed by atoms with Crippen molar-refractivity contribution in [2.24, 2.45) is 4.99 Å². The molecule has 0 radical (unpaired) electrons. The normalized spacial score (nSPS) is 15.9. The van der Waals surface area contributed by atoms with Gasteiger partial charge in [-0.15, -0.1) is 0 Å². The Bertz CT molecular complexity index is 1160. The number of aliphatic imine (C=N–C) groups is 1. The Hall–Kier alpha value is -3.51. The largest absolute Gasteiger partial charge is 0.493 e. The lowest BCUT2D eigenvalue weighted by Crippen LogP contribution is -2.28. The van der Waals surface area contributed by atoms with E-state index >= 15 is 0 Å². The van der Waals surface area contributed by atoms with Gasteiger partial charge in [0.2, 0.25) is 0 Å². The molecule has 1 aliphatic heterocycles. The van der Waals surface area contributed by atoms with Crippen LogP contribution in [0.15, 0.2) is 88.8 Å². The molecule has 33 heavy (non-hydrogen) atoms. The zero-order valence-electron chi connectivity index (χ0n) is 18.7. The second kappa shape index (κ2) is 10.9. The fourth-order valence-corrected chi connectivity index (χ4v) is 4.49. The third kappa shape index (κ3) is 5.46. The third-order valence-electron chi connectivity index (χ3n) is 5.12. The number of carbonyl (C=O) groups excluding carboxylic acids is 1. The summed E-state index contributed by atoms with van der Waals surface area (Å²) in [5.41, 5.74) is 2.95. The van der Waals surface area contributed by atoms with Gasteiger partial charge in [0.15, 0.2) is 16.7 Å². The molecular formula is C27H26N2O3S. The molecule has 0 saturated carbocycles. The minimum Gasteiger partial charge on any atom is -0.493 e. The highest BCUT2D eigenvalue weighted by Crippen LogP contribution is 2.38. The van der Waals surface area contributed by atoms with Crippen LogP contribution in [-0.2, 0) is 17.9 Å². The number of amidine groups is 1. The molecule has 1 fully saturated rings. The number of nitrogens with zero attached hydrogens (tertiary/aromatic N) is 2. The van der Waals surface area contributed by atoms with Gasteiger partial charge in [0, 0.05) is 5.56 Å². The molecule has 0 spiro atoms. The predicted octanol–water partition coefficient (Wildman–Crippen LogP) is 5.77. The summed E-state index contributed by atoms with van der Waals surface area (Å²) in [6.45, 7) is 3.41. The maximum Gasteiger partial charge on any atom is 0.267 e. The van der Waals surface area contributed by atoms with Crippen molar-refractivity contribution in [3.63, 3.8) is 0 Å². The summed E-state index contributed by atoms with van der Waals surface area (Å²) < 4.78 is 11.3. The fraction of sp³-hybridized carbons (Fsp3) is 0.185. The summed E-state index contributed by atoms with van der Waals surface area (Å²) in [6, 6.07) is 25.7. The van der Waals surface area contributed by atoms with E-state index in [1.165, 1.54) is 11.8 Å². The quantitative estimate of drug-likeness (QED) is 0.402. The SMILES string of the molecule is CCOc1c(/C=C2\SC(=NCc3ccccc3)N(Cc3ccccc3)C2=O)cccc1OC. The molecule has 0 atom stereocenters. The first-order valence-corrected chi connectivity index (χ1v) is 11.6. The van der Waals surface area contributed by atoms with Gasteiger partial charge in [-0.3, -0.25) is 14.7 Å². The molecule has 1 aliphatic rings. The van der Waals surface area contributed by atoms with Gasteiger partial charge in [0.25, 0.3) is 5.91 Å². The Morgan fingerprint density at radius 1 is 0.939 bits per heavy atom. The van der Waals surface area contributed by atoms with Gasteiger partial charge in [-0.1, -0.05) is 72.8 Å². The molecule has 0 unspecified atom stereocenters. The Labute approximate surface area is 198 Å². The lowest BCUT2D eigenvalue weighted by molar-refractivity contribution is -0.122. The smallest absolute Gasteiger partial charge is 0.267 e. The Morgan fingerprint density at radius 2 is 1.64 bits per heavy atom. The van der Waals surface area contributed by atoms with Crippen molar-refractivity contribution in [3.05, 3.63) is 100 Å². The number of thioether (sulfide) groups is 1. The molecule has 1 saturated heterocycles. The molecule has 4 rings (SSSR count). The Balaban J connectivity index is 1.68. The molecule has 1 amide bonds. The van der Waals surface area contributed by atoms with E-state index in [0.717, 1.165) is 16.7 Å². The van der Waals surface area contributed by atoms with E-state index in [1.807, 2.05) is 91.9 Å². The number of benzene rings is 3. The van der Waals surface area contributed by atoms with Gasteiger partial charge in [0.05, 0.1) is 31.7 Å².